The molecule has 0 aromatic carbocycles. The number of aryl methyl sites for hydroxylation is 1. The highest BCUT2D eigenvalue weighted by molar-refractivity contribution is 5.24. The van der Waals surface area contributed by atoms with Crippen LogP contribution in [0, 0.1) is 0 Å². The third kappa shape index (κ3) is 3.21. The topological polar surface area (TPSA) is 42.3 Å². The summed E-state index contributed by atoms with van der Waals surface area (Å²) in [5.41, 5.74) is 0. The van der Waals surface area contributed by atoms with Crippen molar-refractivity contribution in [1.29, 1.82) is 0 Å². The van der Waals surface area contributed by atoms with E-state index in [2.05, 4.69) is 15.2 Å². The highest BCUT2D eigenvalue weighted by Crippen LogP contribution is 2.02. The van der Waals surface area contributed by atoms with E-state index in [1.807, 2.05) is 24.0 Å². The molecule has 1 aromatic heterocycles. The van der Waals surface area contributed by atoms with Crippen LogP contribution in [0.3, 0.4) is 0 Å². The van der Waals surface area contributed by atoms with Crippen LogP contribution in [0.1, 0.15) is 6.42 Å². The quantitative estimate of drug-likeness (QED) is 0.742. The fourth-order valence-electron chi connectivity index (χ4n) is 1.86. The van der Waals surface area contributed by atoms with E-state index in [1.54, 1.807) is 0 Å². The molecule has 1 saturated heterocycles. The normalized spacial score (nSPS) is 17.6. The van der Waals surface area contributed by atoms with Crippen molar-refractivity contribution in [3.8, 4) is 0 Å². The first-order valence-corrected chi connectivity index (χ1v) is 5.87. The minimum Gasteiger partial charge on any atom is -0.379 e. The summed E-state index contributed by atoms with van der Waals surface area (Å²) < 4.78 is 7.30. The van der Waals surface area contributed by atoms with Gasteiger partial charge in [0.1, 0.15) is 0 Å². The Labute approximate surface area is 96.4 Å². The van der Waals surface area contributed by atoms with Crippen molar-refractivity contribution in [2.45, 2.75) is 6.42 Å². The molecule has 0 spiro atoms. The predicted molar refractivity (Wildman–Crippen MR) is 63.6 cm³/mol. The molecule has 1 aliphatic heterocycles. The van der Waals surface area contributed by atoms with E-state index >= 15 is 0 Å². The van der Waals surface area contributed by atoms with Crippen LogP contribution < -0.4 is 5.32 Å². The molecule has 2 rings (SSSR count). The van der Waals surface area contributed by atoms with Crippen molar-refractivity contribution < 1.29 is 4.74 Å². The molecule has 90 valence electrons. The zero-order valence-corrected chi connectivity index (χ0v) is 9.85. The highest BCUT2D eigenvalue weighted by Gasteiger charge is 2.09. The number of nitrogens with one attached hydrogen (secondary N) is 1. The van der Waals surface area contributed by atoms with Gasteiger partial charge in [0.2, 0.25) is 5.95 Å². The van der Waals surface area contributed by atoms with Gasteiger partial charge in [0.15, 0.2) is 0 Å². The zero-order valence-electron chi connectivity index (χ0n) is 9.85. The van der Waals surface area contributed by atoms with Gasteiger partial charge in [-0.15, -0.1) is 0 Å². The second kappa shape index (κ2) is 5.86. The van der Waals surface area contributed by atoms with Crippen LogP contribution in [0.2, 0.25) is 0 Å². The zero-order chi connectivity index (χ0) is 11.2. The van der Waals surface area contributed by atoms with Crippen molar-refractivity contribution in [3.63, 3.8) is 0 Å². The number of hydrogen-bond donors (Lipinski definition) is 1. The van der Waals surface area contributed by atoms with E-state index in [4.69, 9.17) is 4.74 Å². The first-order chi connectivity index (χ1) is 7.86. The van der Waals surface area contributed by atoms with Gasteiger partial charge in [-0.1, -0.05) is 0 Å². The van der Waals surface area contributed by atoms with E-state index in [0.29, 0.717) is 0 Å². The SMILES string of the molecule is Cn1ccnc1NCCCN1CCOCC1. The fraction of sp³-hybridized carbons (Fsp3) is 0.727. The molecule has 1 aliphatic rings. The molecule has 0 saturated carbocycles. The fourth-order valence-corrected chi connectivity index (χ4v) is 1.86. The van der Waals surface area contributed by atoms with Crippen LogP contribution in [0.5, 0.6) is 0 Å². The summed E-state index contributed by atoms with van der Waals surface area (Å²) in [6.45, 7) is 6.02. The van der Waals surface area contributed by atoms with Crippen LogP contribution in [-0.4, -0.2) is 53.8 Å². The number of hydrogen-bond acceptors (Lipinski definition) is 4. The lowest BCUT2D eigenvalue weighted by Crippen LogP contribution is -2.37. The van der Waals surface area contributed by atoms with Crippen LogP contribution >= 0.6 is 0 Å². The molecule has 0 unspecified atom stereocenters. The summed E-state index contributed by atoms with van der Waals surface area (Å²) in [4.78, 5) is 6.67. The Morgan fingerprint density at radius 3 is 2.94 bits per heavy atom. The molecule has 0 radical (unpaired) electrons. The molecule has 5 nitrogen and oxygen atoms in total. The lowest BCUT2D eigenvalue weighted by molar-refractivity contribution is 0.0378. The van der Waals surface area contributed by atoms with E-state index in [0.717, 1.165) is 51.8 Å². The van der Waals surface area contributed by atoms with E-state index in [9.17, 15) is 0 Å². The number of nitrogens with zero attached hydrogens (tertiary/aromatic N) is 3. The molecule has 1 N–H and O–H groups in total. The van der Waals surface area contributed by atoms with Gasteiger partial charge in [-0.25, -0.2) is 4.98 Å². The van der Waals surface area contributed by atoms with Crippen molar-refractivity contribution in [2.24, 2.45) is 7.05 Å². The Kier molecular flexibility index (Phi) is 4.18. The third-order valence-corrected chi connectivity index (χ3v) is 2.86. The van der Waals surface area contributed by atoms with Gasteiger partial charge < -0.3 is 14.6 Å². The van der Waals surface area contributed by atoms with Crippen molar-refractivity contribution in [3.05, 3.63) is 12.4 Å². The second-order valence-electron chi connectivity index (χ2n) is 4.10. The lowest BCUT2D eigenvalue weighted by atomic mass is 10.3. The van der Waals surface area contributed by atoms with Gasteiger partial charge >= 0.3 is 0 Å². The minimum absolute atomic E-state index is 0.882. The predicted octanol–water partition coefficient (Wildman–Crippen LogP) is 0.554. The first kappa shape index (κ1) is 11.4. The second-order valence-corrected chi connectivity index (χ2v) is 4.10. The summed E-state index contributed by atoms with van der Waals surface area (Å²) >= 11 is 0. The lowest BCUT2D eigenvalue weighted by Gasteiger charge is -2.26. The molecular formula is C11H20N4O. The molecule has 1 fully saturated rings. The average Bonchev–Trinajstić information content (AvgIpc) is 2.72. The maximum absolute atomic E-state index is 5.31. The Morgan fingerprint density at radius 1 is 1.44 bits per heavy atom. The van der Waals surface area contributed by atoms with Gasteiger partial charge in [-0.2, -0.15) is 0 Å². The van der Waals surface area contributed by atoms with E-state index in [1.165, 1.54) is 0 Å². The van der Waals surface area contributed by atoms with E-state index < -0.39 is 0 Å². The highest BCUT2D eigenvalue weighted by atomic mass is 16.5. The maximum Gasteiger partial charge on any atom is 0.202 e. The first-order valence-electron chi connectivity index (χ1n) is 5.87. The van der Waals surface area contributed by atoms with Crippen molar-refractivity contribution >= 4 is 5.95 Å². The number of morpholine rings is 1. The molecule has 16 heavy (non-hydrogen) atoms. The maximum atomic E-state index is 5.31. The number of aromatic nitrogens is 2. The van der Waals surface area contributed by atoms with Crippen LogP contribution in [0.4, 0.5) is 5.95 Å². The molecular weight excluding hydrogens is 204 g/mol. The van der Waals surface area contributed by atoms with Gasteiger partial charge in [0.05, 0.1) is 13.2 Å². The van der Waals surface area contributed by atoms with Crippen LogP contribution in [0.15, 0.2) is 12.4 Å². The molecule has 0 amide bonds. The Hall–Kier alpha value is -1.07. The molecule has 0 atom stereocenters. The minimum atomic E-state index is 0.882. The third-order valence-electron chi connectivity index (χ3n) is 2.86. The Bertz CT molecular complexity index is 307. The Morgan fingerprint density at radius 2 is 2.25 bits per heavy atom. The number of anilines is 1. The smallest absolute Gasteiger partial charge is 0.202 e. The molecule has 2 heterocycles. The van der Waals surface area contributed by atoms with Crippen LogP contribution in [0.25, 0.3) is 0 Å². The molecule has 5 heteroatoms. The largest absolute Gasteiger partial charge is 0.379 e. The van der Waals surface area contributed by atoms with Crippen LogP contribution in [-0.2, 0) is 11.8 Å². The summed E-state index contributed by atoms with van der Waals surface area (Å²) in [5.74, 6) is 0.946. The van der Waals surface area contributed by atoms with Gasteiger partial charge in [-0.05, 0) is 13.0 Å². The monoisotopic (exact) mass is 224 g/mol. The van der Waals surface area contributed by atoms with E-state index in [-0.39, 0.29) is 0 Å². The van der Waals surface area contributed by atoms with Gasteiger partial charge in [0, 0.05) is 39.1 Å². The number of rotatable bonds is 5. The summed E-state index contributed by atoms with van der Waals surface area (Å²) in [6, 6.07) is 0. The number of imidazole rings is 1. The van der Waals surface area contributed by atoms with Crippen molar-refractivity contribution in [2.75, 3.05) is 44.7 Å². The van der Waals surface area contributed by atoms with Crippen molar-refractivity contribution in [1.82, 2.24) is 14.5 Å². The standard InChI is InChI=1S/C11H20N4O/c1-14-6-4-13-11(14)12-3-2-5-15-7-9-16-10-8-15/h4,6H,2-3,5,7-10H2,1H3,(H,12,13). The molecule has 0 aliphatic carbocycles. The molecule has 1 aromatic rings. The molecule has 0 bridgehead atoms. The summed E-state index contributed by atoms with van der Waals surface area (Å²) in [6.07, 6.45) is 4.90. The summed E-state index contributed by atoms with van der Waals surface area (Å²) in [7, 11) is 2.00. The Balaban J connectivity index is 1.59. The van der Waals surface area contributed by atoms with Gasteiger partial charge in [-0.3, -0.25) is 4.90 Å². The van der Waals surface area contributed by atoms with Gasteiger partial charge in [0.25, 0.3) is 0 Å². The average molecular weight is 224 g/mol. The summed E-state index contributed by atoms with van der Waals surface area (Å²) in [5, 5.41) is 3.33. The number of ether oxygens (including phenoxy) is 1.